The molecule has 0 atom stereocenters. The monoisotopic (exact) mass is 248 g/mol. The molecule has 1 aliphatic rings. The van der Waals surface area contributed by atoms with Crippen molar-refractivity contribution in [3.8, 4) is 0 Å². The zero-order chi connectivity index (χ0) is 13.2. The summed E-state index contributed by atoms with van der Waals surface area (Å²) >= 11 is 0. The molecular weight excluding hydrogens is 228 g/mol. The van der Waals surface area contributed by atoms with E-state index in [4.69, 9.17) is 0 Å². The number of hydrogen-bond acceptors (Lipinski definition) is 3. The quantitative estimate of drug-likeness (QED) is 0.835. The Labute approximate surface area is 108 Å². The summed E-state index contributed by atoms with van der Waals surface area (Å²) in [6.07, 6.45) is 0. The first kappa shape index (κ1) is 12.9. The Hall–Kier alpha value is -1.55. The number of nitrogens with one attached hydrogen (secondary N) is 1. The molecule has 1 aromatic rings. The van der Waals surface area contributed by atoms with Crippen LogP contribution in [0.4, 0.5) is 5.69 Å². The van der Waals surface area contributed by atoms with Gasteiger partial charge in [-0.05, 0) is 17.7 Å². The highest BCUT2D eigenvalue weighted by molar-refractivity contribution is 5.82. The standard InChI is InChI=1S/C14H20N2O2/c1-14(2,10-17)11-3-5-12(6-4-11)16-8-7-15-13(18)9-16/h3-6,17H,7-10H2,1-2H3,(H,15,18). The third-order valence-corrected chi connectivity index (χ3v) is 3.45. The Morgan fingerprint density at radius 3 is 2.56 bits per heavy atom. The molecule has 1 aliphatic heterocycles. The summed E-state index contributed by atoms with van der Waals surface area (Å²) in [5, 5.41) is 12.1. The molecule has 0 aliphatic carbocycles. The number of amides is 1. The highest BCUT2D eigenvalue weighted by atomic mass is 16.3. The van der Waals surface area contributed by atoms with Gasteiger partial charge < -0.3 is 15.3 Å². The number of nitrogens with zero attached hydrogens (tertiary/aromatic N) is 1. The van der Waals surface area contributed by atoms with E-state index in [9.17, 15) is 9.90 Å². The van der Waals surface area contributed by atoms with Gasteiger partial charge in [0.25, 0.3) is 0 Å². The fourth-order valence-electron chi connectivity index (χ4n) is 2.07. The second kappa shape index (κ2) is 4.98. The highest BCUT2D eigenvalue weighted by Gasteiger charge is 2.20. The van der Waals surface area contributed by atoms with Crippen molar-refractivity contribution in [1.82, 2.24) is 5.32 Å². The number of carbonyl (C=O) groups excluding carboxylic acids is 1. The molecule has 98 valence electrons. The minimum atomic E-state index is -0.224. The summed E-state index contributed by atoms with van der Waals surface area (Å²) in [4.78, 5) is 13.4. The number of carbonyl (C=O) groups is 1. The van der Waals surface area contributed by atoms with Crippen LogP contribution in [0.5, 0.6) is 0 Å². The third-order valence-electron chi connectivity index (χ3n) is 3.45. The lowest BCUT2D eigenvalue weighted by atomic mass is 9.85. The molecule has 0 spiro atoms. The minimum Gasteiger partial charge on any atom is -0.395 e. The van der Waals surface area contributed by atoms with Gasteiger partial charge in [0, 0.05) is 24.2 Å². The van der Waals surface area contributed by atoms with E-state index < -0.39 is 0 Å². The maximum absolute atomic E-state index is 11.3. The fraction of sp³-hybridized carbons (Fsp3) is 0.500. The topological polar surface area (TPSA) is 52.6 Å². The first-order valence-corrected chi connectivity index (χ1v) is 6.26. The molecule has 1 saturated heterocycles. The summed E-state index contributed by atoms with van der Waals surface area (Å²) in [6.45, 7) is 6.10. The number of benzene rings is 1. The average molecular weight is 248 g/mol. The van der Waals surface area contributed by atoms with Crippen LogP contribution in [0.1, 0.15) is 19.4 Å². The summed E-state index contributed by atoms with van der Waals surface area (Å²) in [5.41, 5.74) is 1.94. The average Bonchev–Trinajstić information content (AvgIpc) is 2.39. The molecule has 2 N–H and O–H groups in total. The molecule has 0 bridgehead atoms. The van der Waals surface area contributed by atoms with Crippen LogP contribution in [0.25, 0.3) is 0 Å². The molecule has 1 amide bonds. The van der Waals surface area contributed by atoms with Crippen molar-refractivity contribution in [2.24, 2.45) is 0 Å². The van der Waals surface area contributed by atoms with Crippen molar-refractivity contribution in [3.05, 3.63) is 29.8 Å². The lowest BCUT2D eigenvalue weighted by Gasteiger charge is -2.29. The summed E-state index contributed by atoms with van der Waals surface area (Å²) in [7, 11) is 0. The number of piperazine rings is 1. The third kappa shape index (κ3) is 2.64. The van der Waals surface area contributed by atoms with Crippen molar-refractivity contribution in [2.75, 3.05) is 31.1 Å². The molecule has 1 heterocycles. The second-order valence-electron chi connectivity index (χ2n) is 5.36. The predicted octanol–water partition coefficient (Wildman–Crippen LogP) is 0.893. The number of rotatable bonds is 3. The predicted molar refractivity (Wildman–Crippen MR) is 71.8 cm³/mol. The van der Waals surface area contributed by atoms with E-state index in [2.05, 4.69) is 10.2 Å². The minimum absolute atomic E-state index is 0.0704. The van der Waals surface area contributed by atoms with Crippen LogP contribution in [0.3, 0.4) is 0 Å². The van der Waals surface area contributed by atoms with Crippen molar-refractivity contribution >= 4 is 11.6 Å². The lowest BCUT2D eigenvalue weighted by molar-refractivity contribution is -0.120. The Morgan fingerprint density at radius 2 is 2.00 bits per heavy atom. The molecule has 1 aromatic carbocycles. The van der Waals surface area contributed by atoms with E-state index in [0.717, 1.165) is 17.8 Å². The van der Waals surface area contributed by atoms with E-state index >= 15 is 0 Å². The molecule has 18 heavy (non-hydrogen) atoms. The molecule has 4 heteroatoms. The normalized spacial score (nSPS) is 16.6. The van der Waals surface area contributed by atoms with Gasteiger partial charge in [0.1, 0.15) is 0 Å². The van der Waals surface area contributed by atoms with Crippen LogP contribution in [0.15, 0.2) is 24.3 Å². The summed E-state index contributed by atoms with van der Waals surface area (Å²) < 4.78 is 0. The maximum atomic E-state index is 11.3. The molecule has 2 rings (SSSR count). The SMILES string of the molecule is CC(C)(CO)c1ccc(N2CCNC(=O)C2)cc1. The van der Waals surface area contributed by atoms with Gasteiger partial charge in [-0.25, -0.2) is 0 Å². The largest absolute Gasteiger partial charge is 0.395 e. The van der Waals surface area contributed by atoms with Crippen LogP contribution in [-0.2, 0) is 10.2 Å². The Morgan fingerprint density at radius 1 is 1.33 bits per heavy atom. The smallest absolute Gasteiger partial charge is 0.239 e. The number of hydrogen-bond donors (Lipinski definition) is 2. The molecule has 4 nitrogen and oxygen atoms in total. The van der Waals surface area contributed by atoms with Gasteiger partial charge >= 0.3 is 0 Å². The lowest BCUT2D eigenvalue weighted by Crippen LogP contribution is -2.47. The number of aliphatic hydroxyl groups is 1. The molecular formula is C14H20N2O2. The molecule has 0 saturated carbocycles. The van der Waals surface area contributed by atoms with Crippen LogP contribution in [0.2, 0.25) is 0 Å². The molecule has 1 fully saturated rings. The van der Waals surface area contributed by atoms with Gasteiger partial charge in [-0.2, -0.15) is 0 Å². The van der Waals surface area contributed by atoms with Gasteiger partial charge in [0.05, 0.1) is 13.2 Å². The first-order chi connectivity index (χ1) is 8.53. The van der Waals surface area contributed by atoms with Crippen LogP contribution in [0, 0.1) is 0 Å². The zero-order valence-electron chi connectivity index (χ0n) is 10.9. The van der Waals surface area contributed by atoms with E-state index in [1.54, 1.807) is 0 Å². The van der Waals surface area contributed by atoms with Crippen LogP contribution < -0.4 is 10.2 Å². The first-order valence-electron chi connectivity index (χ1n) is 6.26. The fourth-order valence-corrected chi connectivity index (χ4v) is 2.07. The highest BCUT2D eigenvalue weighted by Crippen LogP contribution is 2.25. The summed E-state index contributed by atoms with van der Waals surface area (Å²) in [5.74, 6) is 0.0704. The van der Waals surface area contributed by atoms with Gasteiger partial charge in [-0.3, -0.25) is 4.79 Å². The Balaban J connectivity index is 2.14. The number of aliphatic hydroxyl groups excluding tert-OH is 1. The maximum Gasteiger partial charge on any atom is 0.239 e. The van der Waals surface area contributed by atoms with E-state index in [1.165, 1.54) is 0 Å². The van der Waals surface area contributed by atoms with Crippen molar-refractivity contribution < 1.29 is 9.90 Å². The van der Waals surface area contributed by atoms with E-state index in [1.807, 2.05) is 38.1 Å². The molecule has 0 unspecified atom stereocenters. The van der Waals surface area contributed by atoms with Crippen LogP contribution in [-0.4, -0.2) is 37.3 Å². The Bertz CT molecular complexity index is 426. The van der Waals surface area contributed by atoms with Gasteiger partial charge in [-0.15, -0.1) is 0 Å². The van der Waals surface area contributed by atoms with E-state index in [0.29, 0.717) is 13.1 Å². The van der Waals surface area contributed by atoms with Crippen molar-refractivity contribution in [2.45, 2.75) is 19.3 Å². The second-order valence-corrected chi connectivity index (χ2v) is 5.36. The Kier molecular flexibility index (Phi) is 3.57. The molecule has 0 radical (unpaired) electrons. The zero-order valence-corrected chi connectivity index (χ0v) is 10.9. The van der Waals surface area contributed by atoms with Gasteiger partial charge in [-0.1, -0.05) is 26.0 Å². The molecule has 0 aromatic heterocycles. The van der Waals surface area contributed by atoms with Crippen molar-refractivity contribution in [1.29, 1.82) is 0 Å². The van der Waals surface area contributed by atoms with Crippen molar-refractivity contribution in [3.63, 3.8) is 0 Å². The number of anilines is 1. The summed E-state index contributed by atoms with van der Waals surface area (Å²) in [6, 6.07) is 8.09. The van der Waals surface area contributed by atoms with Gasteiger partial charge in [0.15, 0.2) is 0 Å². The van der Waals surface area contributed by atoms with Gasteiger partial charge in [0.2, 0.25) is 5.91 Å². The van der Waals surface area contributed by atoms with E-state index in [-0.39, 0.29) is 17.9 Å². The van der Waals surface area contributed by atoms with Crippen LogP contribution >= 0.6 is 0 Å².